The predicted octanol–water partition coefficient (Wildman–Crippen LogP) is 0.538. The maximum Gasteiger partial charge on any atom is 0.322 e. The van der Waals surface area contributed by atoms with E-state index in [1.807, 2.05) is 0 Å². The number of anilines is 1. The molecule has 0 fully saturated rings. The first-order valence-electron chi connectivity index (χ1n) is 8.43. The number of hydrogen-bond donors (Lipinski definition) is 5. The lowest BCUT2D eigenvalue weighted by atomic mass is 10.0. The molecule has 0 spiro atoms. The van der Waals surface area contributed by atoms with Crippen LogP contribution in [0.25, 0.3) is 11.6 Å². The molecule has 2 amide bonds. The summed E-state index contributed by atoms with van der Waals surface area (Å²) in [5, 5.41) is 13.6. The number of sulfonamides is 1. The number of fused-ring (bicyclic) bond motifs is 1. The van der Waals surface area contributed by atoms with Crippen molar-refractivity contribution in [2.24, 2.45) is 0 Å². The highest BCUT2D eigenvalue weighted by molar-refractivity contribution is 7.89. The van der Waals surface area contributed by atoms with Crippen molar-refractivity contribution in [1.82, 2.24) is 15.0 Å². The summed E-state index contributed by atoms with van der Waals surface area (Å²) >= 11 is 0. The summed E-state index contributed by atoms with van der Waals surface area (Å²) < 4.78 is 26.3. The molecule has 0 bridgehead atoms. The molecule has 1 aromatic carbocycles. The van der Waals surface area contributed by atoms with E-state index in [9.17, 15) is 22.8 Å². The van der Waals surface area contributed by atoms with Gasteiger partial charge in [0.2, 0.25) is 10.0 Å². The Hall–Kier alpha value is -3.44. The van der Waals surface area contributed by atoms with Crippen LogP contribution in [-0.4, -0.2) is 49.9 Å². The fourth-order valence-corrected chi connectivity index (χ4v) is 3.64. The Morgan fingerprint density at radius 1 is 1.28 bits per heavy atom. The molecule has 3 rings (SSSR count). The molecule has 2 heterocycles. The van der Waals surface area contributed by atoms with Crippen molar-refractivity contribution in [2.45, 2.75) is 11.8 Å². The number of aromatic nitrogens is 1. The highest BCUT2D eigenvalue weighted by atomic mass is 32.2. The lowest BCUT2D eigenvalue weighted by molar-refractivity contribution is -0.135. The van der Waals surface area contributed by atoms with Crippen molar-refractivity contribution >= 4 is 45.1 Å². The Kier molecular flexibility index (Phi) is 5.27. The predicted molar refractivity (Wildman–Crippen MR) is 105 cm³/mol. The average molecular weight is 418 g/mol. The van der Waals surface area contributed by atoms with Gasteiger partial charge in [-0.3, -0.25) is 14.4 Å². The van der Waals surface area contributed by atoms with Crippen LogP contribution in [0.2, 0.25) is 0 Å². The molecule has 29 heavy (non-hydrogen) atoms. The molecular formula is C18H18N4O6S. The van der Waals surface area contributed by atoms with Crippen LogP contribution >= 0.6 is 0 Å². The third-order valence-electron chi connectivity index (χ3n) is 4.47. The highest BCUT2D eigenvalue weighted by Gasteiger charge is 2.27. The topological polar surface area (TPSA) is 157 Å². The molecule has 0 aliphatic carbocycles. The normalized spacial score (nSPS) is 14.6. The van der Waals surface area contributed by atoms with Crippen molar-refractivity contribution in [3.8, 4) is 0 Å². The van der Waals surface area contributed by atoms with Gasteiger partial charge in [0.25, 0.3) is 11.8 Å². The quantitative estimate of drug-likeness (QED) is 0.431. The van der Waals surface area contributed by atoms with E-state index in [0.29, 0.717) is 22.5 Å². The summed E-state index contributed by atoms with van der Waals surface area (Å²) in [6, 6.07) is 4.28. The number of amides is 2. The smallest absolute Gasteiger partial charge is 0.322 e. The second kappa shape index (κ2) is 7.53. The van der Waals surface area contributed by atoms with Crippen LogP contribution in [0.4, 0.5) is 5.69 Å². The maximum atomic E-state index is 12.4. The van der Waals surface area contributed by atoms with Crippen molar-refractivity contribution in [1.29, 1.82) is 0 Å². The van der Waals surface area contributed by atoms with E-state index in [4.69, 9.17) is 5.11 Å². The molecule has 5 N–H and O–H groups in total. The van der Waals surface area contributed by atoms with Crippen LogP contribution < -0.4 is 15.4 Å². The van der Waals surface area contributed by atoms with Crippen LogP contribution in [0.15, 0.2) is 29.3 Å². The number of aliphatic carboxylic acids is 1. The van der Waals surface area contributed by atoms with Crippen LogP contribution in [0.3, 0.4) is 0 Å². The third-order valence-corrected chi connectivity index (χ3v) is 5.88. The lowest BCUT2D eigenvalue weighted by Crippen LogP contribution is -2.29. The fraction of sp³-hybridized carbons (Fsp3) is 0.167. The summed E-state index contributed by atoms with van der Waals surface area (Å²) in [6.45, 7) is 1.13. The molecule has 2 aromatic rings. The maximum absolute atomic E-state index is 12.4. The number of nitrogens with one attached hydrogen (secondary N) is 4. The highest BCUT2D eigenvalue weighted by Crippen LogP contribution is 2.35. The van der Waals surface area contributed by atoms with Crippen molar-refractivity contribution < 1.29 is 27.9 Å². The van der Waals surface area contributed by atoms with Gasteiger partial charge in [-0.2, -0.15) is 0 Å². The molecule has 0 unspecified atom stereocenters. The first kappa shape index (κ1) is 20.3. The number of rotatable bonds is 6. The van der Waals surface area contributed by atoms with E-state index in [0.717, 1.165) is 0 Å². The summed E-state index contributed by atoms with van der Waals surface area (Å²) in [5.41, 5.74) is 2.34. The van der Waals surface area contributed by atoms with E-state index < -0.39 is 34.4 Å². The fourth-order valence-electron chi connectivity index (χ4n) is 2.89. The minimum Gasteiger partial charge on any atom is -0.480 e. The van der Waals surface area contributed by atoms with E-state index in [2.05, 4.69) is 20.3 Å². The van der Waals surface area contributed by atoms with Gasteiger partial charge in [0, 0.05) is 23.1 Å². The molecule has 152 valence electrons. The number of carbonyl (C=O) groups excluding carboxylic acids is 2. The van der Waals surface area contributed by atoms with Gasteiger partial charge >= 0.3 is 5.97 Å². The monoisotopic (exact) mass is 418 g/mol. The third kappa shape index (κ3) is 3.91. The van der Waals surface area contributed by atoms with E-state index in [1.165, 1.54) is 37.5 Å². The molecule has 1 aliphatic heterocycles. The Bertz CT molecular complexity index is 1160. The number of carboxylic acid groups (broad SMARTS) is 1. The van der Waals surface area contributed by atoms with Gasteiger partial charge in [-0.1, -0.05) is 0 Å². The Morgan fingerprint density at radius 2 is 2.00 bits per heavy atom. The number of carbonyl (C=O) groups is 3. The van der Waals surface area contributed by atoms with Gasteiger partial charge in [-0.15, -0.1) is 0 Å². The Labute approximate surface area is 166 Å². The van der Waals surface area contributed by atoms with E-state index >= 15 is 0 Å². The number of H-pyrrole nitrogens is 1. The van der Waals surface area contributed by atoms with Crippen LogP contribution in [0.1, 0.15) is 27.2 Å². The zero-order valence-corrected chi connectivity index (χ0v) is 16.3. The van der Waals surface area contributed by atoms with Gasteiger partial charge in [0.05, 0.1) is 16.0 Å². The van der Waals surface area contributed by atoms with Gasteiger partial charge in [0.15, 0.2) is 0 Å². The molecular weight excluding hydrogens is 400 g/mol. The largest absolute Gasteiger partial charge is 0.480 e. The summed E-state index contributed by atoms with van der Waals surface area (Å²) in [7, 11) is -2.39. The molecule has 0 saturated carbocycles. The number of hydrogen-bond acceptors (Lipinski definition) is 5. The van der Waals surface area contributed by atoms with Crippen molar-refractivity contribution in [2.75, 3.05) is 18.9 Å². The number of aromatic amines is 1. The number of benzene rings is 1. The summed E-state index contributed by atoms with van der Waals surface area (Å²) in [5.74, 6) is -2.14. The minimum atomic E-state index is -3.69. The van der Waals surface area contributed by atoms with Crippen LogP contribution in [0.5, 0.6) is 0 Å². The standard InChI is InChI=1S/C18H18N4O6S/c1-9-13(17(25)21-8-16(23)24)7-20-15(9)6-12-11-5-10(29(27,28)19-2)3-4-14(11)22-18(12)26/h3-7,19-20H,8H2,1-2H3,(H,21,25)(H,22,26)(H,23,24). The Morgan fingerprint density at radius 3 is 2.66 bits per heavy atom. The molecule has 11 heteroatoms. The summed E-state index contributed by atoms with van der Waals surface area (Å²) in [4.78, 5) is 38.0. The van der Waals surface area contributed by atoms with Crippen molar-refractivity contribution in [3.05, 3.63) is 46.8 Å². The average Bonchev–Trinajstić information content (AvgIpc) is 3.19. The second-order valence-corrected chi connectivity index (χ2v) is 8.13. The molecule has 0 saturated heterocycles. The van der Waals surface area contributed by atoms with Gasteiger partial charge in [-0.05, 0) is 43.8 Å². The van der Waals surface area contributed by atoms with Crippen LogP contribution in [-0.2, 0) is 19.6 Å². The Balaban J connectivity index is 1.99. The zero-order chi connectivity index (χ0) is 21.3. The van der Waals surface area contributed by atoms with Gasteiger partial charge < -0.3 is 20.7 Å². The number of carboxylic acids is 1. The first-order valence-corrected chi connectivity index (χ1v) is 9.91. The molecule has 1 aliphatic rings. The van der Waals surface area contributed by atoms with E-state index in [-0.39, 0.29) is 16.0 Å². The lowest BCUT2D eigenvalue weighted by Gasteiger charge is -2.05. The van der Waals surface area contributed by atoms with Gasteiger partial charge in [0.1, 0.15) is 6.54 Å². The zero-order valence-electron chi connectivity index (χ0n) is 15.5. The summed E-state index contributed by atoms with van der Waals surface area (Å²) in [6.07, 6.45) is 2.93. The first-order chi connectivity index (χ1) is 13.6. The molecule has 0 atom stereocenters. The van der Waals surface area contributed by atoms with E-state index in [1.54, 1.807) is 6.92 Å². The molecule has 10 nitrogen and oxygen atoms in total. The minimum absolute atomic E-state index is 0.0121. The molecule has 1 aromatic heterocycles. The molecule has 0 radical (unpaired) electrons. The SMILES string of the molecule is CNS(=O)(=O)c1ccc2c(c1)C(=Cc1[nH]cc(C(=O)NCC(=O)O)c1C)C(=O)N2. The van der Waals surface area contributed by atoms with Crippen molar-refractivity contribution in [3.63, 3.8) is 0 Å². The van der Waals surface area contributed by atoms with Gasteiger partial charge in [-0.25, -0.2) is 13.1 Å². The second-order valence-electron chi connectivity index (χ2n) is 6.24. The van der Waals surface area contributed by atoms with Crippen LogP contribution in [0, 0.1) is 6.92 Å².